The van der Waals surface area contributed by atoms with Crippen LogP contribution < -0.4 is 5.32 Å². The number of carbonyl (C=O) groups is 1. The molecule has 6 nitrogen and oxygen atoms in total. The highest BCUT2D eigenvalue weighted by atomic mass is 16.3. The first kappa shape index (κ1) is 12.0. The van der Waals surface area contributed by atoms with Gasteiger partial charge in [0, 0.05) is 11.1 Å². The van der Waals surface area contributed by atoms with Crippen LogP contribution in [0, 0.1) is 0 Å². The third-order valence-electron chi connectivity index (χ3n) is 2.57. The van der Waals surface area contributed by atoms with Gasteiger partial charge < -0.3 is 15.5 Å². The lowest BCUT2D eigenvalue weighted by Gasteiger charge is -2.05. The number of amides is 1. The molecule has 0 saturated carbocycles. The first-order valence-corrected chi connectivity index (χ1v) is 5.47. The van der Waals surface area contributed by atoms with Crippen molar-refractivity contribution >= 4 is 11.7 Å². The number of H-pyrrole nitrogens is 1. The lowest BCUT2D eigenvalue weighted by molar-refractivity contribution is 0.102. The van der Waals surface area contributed by atoms with Gasteiger partial charge in [0.15, 0.2) is 11.5 Å². The quantitative estimate of drug-likeness (QED) is 0.619. The highest BCUT2D eigenvalue weighted by molar-refractivity contribution is 6.04. The van der Waals surface area contributed by atoms with Gasteiger partial charge in [-0.1, -0.05) is 6.92 Å². The smallest absolute Gasteiger partial charge is 0.256 e. The predicted octanol–water partition coefficient (Wildman–Crippen LogP) is 1.64. The molecule has 0 aliphatic carbocycles. The molecule has 6 heteroatoms. The van der Waals surface area contributed by atoms with Crippen molar-refractivity contribution in [2.75, 3.05) is 5.32 Å². The van der Waals surface area contributed by atoms with Crippen LogP contribution in [0.25, 0.3) is 0 Å². The molecule has 18 heavy (non-hydrogen) atoms. The lowest BCUT2D eigenvalue weighted by atomic mass is 10.2. The van der Waals surface area contributed by atoms with Crippen LogP contribution in [-0.2, 0) is 6.42 Å². The standard InChI is InChI=1S/C12H13N3O3/c1-2-7-6-13-15-11(7)14-12(18)8-3-4-9(16)10(17)5-8/h3-6,16-17H,2H2,1H3,(H2,13,14,15,18). The van der Waals surface area contributed by atoms with E-state index >= 15 is 0 Å². The number of anilines is 1. The van der Waals surface area contributed by atoms with E-state index in [4.69, 9.17) is 5.11 Å². The molecule has 0 radical (unpaired) electrons. The number of nitrogens with one attached hydrogen (secondary N) is 2. The molecule has 0 aliphatic heterocycles. The number of nitrogens with zero attached hydrogens (tertiary/aromatic N) is 1. The van der Waals surface area contributed by atoms with Crippen LogP contribution in [0.15, 0.2) is 24.4 Å². The molecule has 94 valence electrons. The van der Waals surface area contributed by atoms with Crippen LogP contribution in [0.5, 0.6) is 11.5 Å². The average Bonchev–Trinajstić information content (AvgIpc) is 2.79. The van der Waals surface area contributed by atoms with E-state index in [-0.39, 0.29) is 23.0 Å². The Hall–Kier alpha value is -2.50. The summed E-state index contributed by atoms with van der Waals surface area (Å²) in [6.45, 7) is 1.95. The Bertz CT molecular complexity index is 578. The van der Waals surface area contributed by atoms with Crippen molar-refractivity contribution in [1.29, 1.82) is 0 Å². The number of aryl methyl sites for hydroxylation is 1. The fourth-order valence-electron chi connectivity index (χ4n) is 1.54. The Morgan fingerprint density at radius 2 is 2.17 bits per heavy atom. The van der Waals surface area contributed by atoms with E-state index in [9.17, 15) is 9.90 Å². The van der Waals surface area contributed by atoms with Gasteiger partial charge in [-0.05, 0) is 24.6 Å². The van der Waals surface area contributed by atoms with Gasteiger partial charge in [-0.2, -0.15) is 5.10 Å². The van der Waals surface area contributed by atoms with E-state index in [0.29, 0.717) is 5.82 Å². The maximum atomic E-state index is 11.9. The summed E-state index contributed by atoms with van der Waals surface area (Å²) >= 11 is 0. The van der Waals surface area contributed by atoms with E-state index in [1.807, 2.05) is 6.92 Å². The zero-order valence-corrected chi connectivity index (χ0v) is 9.77. The largest absolute Gasteiger partial charge is 0.504 e. The first-order valence-electron chi connectivity index (χ1n) is 5.47. The molecule has 1 amide bonds. The molecule has 0 fully saturated rings. The van der Waals surface area contributed by atoms with Crippen LogP contribution in [0.2, 0.25) is 0 Å². The number of aromatic nitrogens is 2. The fraction of sp³-hybridized carbons (Fsp3) is 0.167. The minimum absolute atomic E-state index is 0.252. The van der Waals surface area contributed by atoms with Crippen molar-refractivity contribution in [2.45, 2.75) is 13.3 Å². The van der Waals surface area contributed by atoms with Crippen LogP contribution in [0.1, 0.15) is 22.8 Å². The normalized spacial score (nSPS) is 10.3. The van der Waals surface area contributed by atoms with Gasteiger partial charge in [0.1, 0.15) is 5.82 Å². The van der Waals surface area contributed by atoms with Crippen molar-refractivity contribution in [3.05, 3.63) is 35.5 Å². The average molecular weight is 247 g/mol. The van der Waals surface area contributed by atoms with Gasteiger partial charge in [0.05, 0.1) is 6.20 Å². The van der Waals surface area contributed by atoms with Crippen LogP contribution >= 0.6 is 0 Å². The van der Waals surface area contributed by atoms with Gasteiger partial charge in [0.25, 0.3) is 5.91 Å². The zero-order valence-electron chi connectivity index (χ0n) is 9.77. The molecule has 0 atom stereocenters. The summed E-state index contributed by atoms with van der Waals surface area (Å²) in [7, 11) is 0. The monoisotopic (exact) mass is 247 g/mol. The highest BCUT2D eigenvalue weighted by Crippen LogP contribution is 2.25. The second-order valence-corrected chi connectivity index (χ2v) is 3.78. The molecule has 2 aromatic rings. The molecule has 1 aromatic heterocycles. The fourth-order valence-corrected chi connectivity index (χ4v) is 1.54. The number of aromatic amines is 1. The van der Waals surface area contributed by atoms with Crippen molar-refractivity contribution in [3.63, 3.8) is 0 Å². The van der Waals surface area contributed by atoms with E-state index in [1.165, 1.54) is 18.2 Å². The molecule has 0 saturated heterocycles. The number of rotatable bonds is 3. The topological polar surface area (TPSA) is 98.2 Å². The molecule has 4 N–H and O–H groups in total. The highest BCUT2D eigenvalue weighted by Gasteiger charge is 2.11. The molecular formula is C12H13N3O3. The summed E-state index contributed by atoms with van der Waals surface area (Å²) < 4.78 is 0. The SMILES string of the molecule is CCc1cn[nH]c1NC(=O)c1ccc(O)c(O)c1. The van der Waals surface area contributed by atoms with Crippen molar-refractivity contribution in [3.8, 4) is 11.5 Å². The molecular weight excluding hydrogens is 234 g/mol. The summed E-state index contributed by atoms with van der Waals surface area (Å²) in [5, 5.41) is 27.7. The maximum Gasteiger partial charge on any atom is 0.256 e. The molecule has 0 unspecified atom stereocenters. The van der Waals surface area contributed by atoms with E-state index in [2.05, 4.69) is 15.5 Å². The van der Waals surface area contributed by atoms with Gasteiger partial charge >= 0.3 is 0 Å². The lowest BCUT2D eigenvalue weighted by Crippen LogP contribution is -2.13. The number of hydrogen-bond acceptors (Lipinski definition) is 4. The molecule has 0 aliphatic rings. The third-order valence-corrected chi connectivity index (χ3v) is 2.57. The second-order valence-electron chi connectivity index (χ2n) is 3.78. The number of benzene rings is 1. The Balaban J connectivity index is 2.19. The van der Waals surface area contributed by atoms with Crippen molar-refractivity contribution in [2.24, 2.45) is 0 Å². The molecule has 0 spiro atoms. The molecule has 1 aromatic carbocycles. The number of phenolic OH excluding ortho intramolecular Hbond substituents is 2. The number of hydrogen-bond donors (Lipinski definition) is 4. The van der Waals surface area contributed by atoms with E-state index in [0.717, 1.165) is 12.0 Å². The summed E-state index contributed by atoms with van der Waals surface area (Å²) in [6, 6.07) is 3.89. The maximum absolute atomic E-state index is 11.9. The predicted molar refractivity (Wildman–Crippen MR) is 65.7 cm³/mol. The first-order chi connectivity index (χ1) is 8.61. The van der Waals surface area contributed by atoms with Gasteiger partial charge in [-0.3, -0.25) is 9.89 Å². The molecule has 1 heterocycles. The Morgan fingerprint density at radius 1 is 1.39 bits per heavy atom. The Kier molecular flexibility index (Phi) is 3.18. The van der Waals surface area contributed by atoms with E-state index in [1.54, 1.807) is 6.20 Å². The number of aromatic hydroxyl groups is 2. The number of carbonyl (C=O) groups excluding carboxylic acids is 1. The van der Waals surface area contributed by atoms with Crippen LogP contribution in [0.3, 0.4) is 0 Å². The number of phenols is 2. The second kappa shape index (κ2) is 4.79. The minimum atomic E-state index is -0.385. The van der Waals surface area contributed by atoms with Gasteiger partial charge in [-0.15, -0.1) is 0 Å². The van der Waals surface area contributed by atoms with Gasteiger partial charge in [0.2, 0.25) is 0 Å². The molecule has 0 bridgehead atoms. The Labute approximate surface area is 103 Å². The summed E-state index contributed by atoms with van der Waals surface area (Å²) in [6.07, 6.45) is 2.39. The van der Waals surface area contributed by atoms with E-state index < -0.39 is 0 Å². The summed E-state index contributed by atoms with van der Waals surface area (Å²) in [5.41, 5.74) is 1.15. The van der Waals surface area contributed by atoms with Crippen molar-refractivity contribution in [1.82, 2.24) is 10.2 Å². The van der Waals surface area contributed by atoms with Gasteiger partial charge in [-0.25, -0.2) is 0 Å². The molecule has 2 rings (SSSR count). The third kappa shape index (κ3) is 2.27. The van der Waals surface area contributed by atoms with Crippen molar-refractivity contribution < 1.29 is 15.0 Å². The van der Waals surface area contributed by atoms with Crippen LogP contribution in [0.4, 0.5) is 5.82 Å². The summed E-state index contributed by atoms with van der Waals surface area (Å²) in [5.74, 6) is -0.440. The Morgan fingerprint density at radius 3 is 2.83 bits per heavy atom. The zero-order chi connectivity index (χ0) is 13.1. The minimum Gasteiger partial charge on any atom is -0.504 e. The summed E-state index contributed by atoms with van der Waals surface area (Å²) in [4.78, 5) is 11.9. The van der Waals surface area contributed by atoms with Crippen LogP contribution in [-0.4, -0.2) is 26.3 Å².